The zero-order valence-electron chi connectivity index (χ0n) is 7.70. The standard InChI is InChI=1S/C8H18N2O3/c9-5-1-3-8(13,7(11)12)4-2-6-10/h13H,1-6,9-10H2,(H,11,12). The molecule has 0 heterocycles. The van der Waals surface area contributed by atoms with E-state index in [0.29, 0.717) is 25.9 Å². The molecular formula is C8H18N2O3. The normalized spacial score (nSPS) is 11.6. The van der Waals surface area contributed by atoms with Crippen molar-refractivity contribution in [3.8, 4) is 0 Å². The molecule has 0 aliphatic carbocycles. The van der Waals surface area contributed by atoms with Crippen LogP contribution in [0.4, 0.5) is 0 Å². The third kappa shape index (κ3) is 4.21. The number of carbonyl (C=O) groups is 1. The fourth-order valence-electron chi connectivity index (χ4n) is 1.13. The van der Waals surface area contributed by atoms with Crippen LogP contribution < -0.4 is 11.5 Å². The summed E-state index contributed by atoms with van der Waals surface area (Å²) in [6, 6.07) is 0. The number of nitrogens with two attached hydrogens (primary N) is 2. The zero-order chi connectivity index (χ0) is 10.3. The van der Waals surface area contributed by atoms with Crippen molar-refractivity contribution in [2.75, 3.05) is 13.1 Å². The lowest BCUT2D eigenvalue weighted by Crippen LogP contribution is -2.39. The summed E-state index contributed by atoms with van der Waals surface area (Å²) in [5.74, 6) is -1.19. The molecule has 5 nitrogen and oxygen atoms in total. The first-order chi connectivity index (χ1) is 6.06. The van der Waals surface area contributed by atoms with Gasteiger partial charge in [0, 0.05) is 0 Å². The summed E-state index contributed by atoms with van der Waals surface area (Å²) >= 11 is 0. The highest BCUT2D eigenvalue weighted by atomic mass is 16.4. The van der Waals surface area contributed by atoms with Crippen molar-refractivity contribution in [3.05, 3.63) is 0 Å². The maximum Gasteiger partial charge on any atom is 0.335 e. The molecule has 0 aromatic carbocycles. The Morgan fingerprint density at radius 3 is 1.77 bits per heavy atom. The van der Waals surface area contributed by atoms with Gasteiger partial charge in [-0.2, -0.15) is 0 Å². The molecule has 0 aromatic heterocycles. The third-order valence-corrected chi connectivity index (χ3v) is 1.99. The van der Waals surface area contributed by atoms with Gasteiger partial charge in [0.15, 0.2) is 5.60 Å². The largest absolute Gasteiger partial charge is 0.479 e. The van der Waals surface area contributed by atoms with Crippen LogP contribution in [0, 0.1) is 0 Å². The number of carboxylic acid groups (broad SMARTS) is 1. The number of aliphatic hydroxyl groups is 1. The van der Waals surface area contributed by atoms with E-state index in [1.54, 1.807) is 0 Å². The van der Waals surface area contributed by atoms with Crippen LogP contribution in [0.2, 0.25) is 0 Å². The molecule has 0 aliphatic heterocycles. The fraction of sp³-hybridized carbons (Fsp3) is 0.875. The first kappa shape index (κ1) is 12.3. The first-order valence-electron chi connectivity index (χ1n) is 4.42. The molecule has 0 spiro atoms. The van der Waals surface area contributed by atoms with Crippen molar-refractivity contribution in [2.45, 2.75) is 31.3 Å². The Bertz CT molecular complexity index is 153. The summed E-state index contributed by atoms with van der Waals surface area (Å²) in [5.41, 5.74) is 8.83. The SMILES string of the molecule is NCCCC(O)(CCCN)C(=O)O. The van der Waals surface area contributed by atoms with Gasteiger partial charge in [-0.15, -0.1) is 0 Å². The van der Waals surface area contributed by atoms with Gasteiger partial charge in [-0.3, -0.25) is 0 Å². The van der Waals surface area contributed by atoms with Crippen LogP contribution in [0.5, 0.6) is 0 Å². The van der Waals surface area contributed by atoms with Gasteiger partial charge in [-0.05, 0) is 38.8 Å². The number of hydrogen-bond donors (Lipinski definition) is 4. The summed E-state index contributed by atoms with van der Waals surface area (Å²) in [5, 5.41) is 18.4. The molecule has 5 heteroatoms. The van der Waals surface area contributed by atoms with Crippen LogP contribution in [0.15, 0.2) is 0 Å². The van der Waals surface area contributed by atoms with Gasteiger partial charge < -0.3 is 21.7 Å². The van der Waals surface area contributed by atoms with E-state index in [9.17, 15) is 9.90 Å². The highest BCUT2D eigenvalue weighted by Crippen LogP contribution is 2.19. The highest BCUT2D eigenvalue weighted by molar-refractivity contribution is 5.76. The summed E-state index contributed by atoms with van der Waals surface area (Å²) in [7, 11) is 0. The average Bonchev–Trinajstić information content (AvgIpc) is 2.11. The van der Waals surface area contributed by atoms with E-state index in [1.165, 1.54) is 0 Å². The molecule has 13 heavy (non-hydrogen) atoms. The summed E-state index contributed by atoms with van der Waals surface area (Å²) in [4.78, 5) is 10.7. The lowest BCUT2D eigenvalue weighted by atomic mass is 9.92. The topological polar surface area (TPSA) is 110 Å². The second kappa shape index (κ2) is 5.90. The van der Waals surface area contributed by atoms with Crippen molar-refractivity contribution in [3.63, 3.8) is 0 Å². The van der Waals surface area contributed by atoms with Crippen molar-refractivity contribution >= 4 is 5.97 Å². The molecule has 0 radical (unpaired) electrons. The molecular weight excluding hydrogens is 172 g/mol. The van der Waals surface area contributed by atoms with Crippen LogP contribution in [0.1, 0.15) is 25.7 Å². The van der Waals surface area contributed by atoms with Crippen LogP contribution in [0.25, 0.3) is 0 Å². The molecule has 0 saturated carbocycles. The van der Waals surface area contributed by atoms with Crippen molar-refractivity contribution in [1.82, 2.24) is 0 Å². The predicted octanol–water partition coefficient (Wildman–Crippen LogP) is -0.720. The maximum absolute atomic E-state index is 10.7. The van der Waals surface area contributed by atoms with E-state index in [0.717, 1.165) is 0 Å². The zero-order valence-corrected chi connectivity index (χ0v) is 7.70. The van der Waals surface area contributed by atoms with E-state index in [2.05, 4.69) is 0 Å². The van der Waals surface area contributed by atoms with Gasteiger partial charge in [0.2, 0.25) is 0 Å². The molecule has 0 aliphatic rings. The van der Waals surface area contributed by atoms with Gasteiger partial charge in [0.05, 0.1) is 0 Å². The molecule has 6 N–H and O–H groups in total. The number of carboxylic acids is 1. The predicted molar refractivity (Wildman–Crippen MR) is 49.2 cm³/mol. The second-order valence-corrected chi connectivity index (χ2v) is 3.12. The molecule has 0 saturated heterocycles. The fourth-order valence-corrected chi connectivity index (χ4v) is 1.13. The third-order valence-electron chi connectivity index (χ3n) is 1.99. The van der Waals surface area contributed by atoms with Gasteiger partial charge in [-0.25, -0.2) is 4.79 Å². The van der Waals surface area contributed by atoms with Gasteiger partial charge in [0.1, 0.15) is 0 Å². The molecule has 78 valence electrons. The smallest absolute Gasteiger partial charge is 0.335 e. The van der Waals surface area contributed by atoms with Gasteiger partial charge in [0.25, 0.3) is 0 Å². The van der Waals surface area contributed by atoms with E-state index < -0.39 is 11.6 Å². The van der Waals surface area contributed by atoms with E-state index in [-0.39, 0.29) is 12.8 Å². The lowest BCUT2D eigenvalue weighted by molar-refractivity contribution is -0.160. The Labute approximate surface area is 77.7 Å². The summed E-state index contributed by atoms with van der Waals surface area (Å²) in [6.45, 7) is 0.774. The molecule has 0 unspecified atom stereocenters. The van der Waals surface area contributed by atoms with Gasteiger partial charge >= 0.3 is 5.97 Å². The van der Waals surface area contributed by atoms with Crippen LogP contribution in [0.3, 0.4) is 0 Å². The van der Waals surface area contributed by atoms with Crippen LogP contribution in [-0.2, 0) is 4.79 Å². The van der Waals surface area contributed by atoms with Crippen molar-refractivity contribution in [1.29, 1.82) is 0 Å². The minimum Gasteiger partial charge on any atom is -0.479 e. The minimum absolute atomic E-state index is 0.193. The van der Waals surface area contributed by atoms with E-state index in [4.69, 9.17) is 16.6 Å². The second-order valence-electron chi connectivity index (χ2n) is 3.12. The van der Waals surface area contributed by atoms with Crippen molar-refractivity contribution < 1.29 is 15.0 Å². The highest BCUT2D eigenvalue weighted by Gasteiger charge is 2.34. The van der Waals surface area contributed by atoms with E-state index >= 15 is 0 Å². The lowest BCUT2D eigenvalue weighted by Gasteiger charge is -2.22. The quantitative estimate of drug-likeness (QED) is 0.423. The molecule has 0 amide bonds. The monoisotopic (exact) mass is 190 g/mol. The number of rotatable bonds is 7. The van der Waals surface area contributed by atoms with Gasteiger partial charge in [-0.1, -0.05) is 0 Å². The molecule has 0 fully saturated rings. The Morgan fingerprint density at radius 1 is 1.15 bits per heavy atom. The maximum atomic E-state index is 10.7. The summed E-state index contributed by atoms with van der Waals surface area (Å²) in [6.07, 6.45) is 1.40. The van der Waals surface area contributed by atoms with Crippen LogP contribution >= 0.6 is 0 Å². The molecule has 0 rings (SSSR count). The molecule has 0 atom stereocenters. The van der Waals surface area contributed by atoms with E-state index in [1.807, 2.05) is 0 Å². The average molecular weight is 190 g/mol. The van der Waals surface area contributed by atoms with Crippen LogP contribution in [-0.4, -0.2) is 34.9 Å². The Kier molecular flexibility index (Phi) is 5.61. The molecule has 0 bridgehead atoms. The Morgan fingerprint density at radius 2 is 1.54 bits per heavy atom. The van der Waals surface area contributed by atoms with Crippen molar-refractivity contribution in [2.24, 2.45) is 11.5 Å². The number of hydrogen-bond acceptors (Lipinski definition) is 4. The summed E-state index contributed by atoms with van der Waals surface area (Å²) < 4.78 is 0. The first-order valence-corrected chi connectivity index (χ1v) is 4.42. The number of aliphatic carboxylic acids is 1. The molecule has 0 aromatic rings. The minimum atomic E-state index is -1.64. The Balaban J connectivity index is 4.08. The Hall–Kier alpha value is -0.650.